The van der Waals surface area contributed by atoms with E-state index in [9.17, 15) is 4.79 Å². The summed E-state index contributed by atoms with van der Waals surface area (Å²) < 4.78 is 0. The molecule has 17 heavy (non-hydrogen) atoms. The quantitative estimate of drug-likeness (QED) is 0.894. The second-order valence-electron chi connectivity index (χ2n) is 4.39. The van der Waals surface area contributed by atoms with Gasteiger partial charge in [0.05, 0.1) is 17.1 Å². The Labute approximate surface area is 110 Å². The zero-order valence-electron chi connectivity index (χ0n) is 9.72. The summed E-state index contributed by atoms with van der Waals surface area (Å²) in [5.74, 6) is 2.60. The van der Waals surface area contributed by atoms with Crippen molar-refractivity contribution in [3.8, 4) is 0 Å². The summed E-state index contributed by atoms with van der Waals surface area (Å²) in [6.45, 7) is 0. The van der Waals surface area contributed by atoms with Gasteiger partial charge < -0.3 is 5.11 Å². The Morgan fingerprint density at radius 2 is 2.24 bits per heavy atom. The van der Waals surface area contributed by atoms with Crippen LogP contribution in [0.3, 0.4) is 0 Å². The van der Waals surface area contributed by atoms with Crippen LogP contribution in [0.5, 0.6) is 0 Å². The third-order valence-electron chi connectivity index (χ3n) is 3.00. The molecule has 2 heterocycles. The molecule has 0 radical (unpaired) electrons. The van der Waals surface area contributed by atoms with Gasteiger partial charge in [-0.25, -0.2) is 4.98 Å². The second kappa shape index (κ2) is 6.40. The number of aliphatic carboxylic acids is 1. The number of carboxylic acids is 1. The van der Waals surface area contributed by atoms with Gasteiger partial charge >= 0.3 is 5.97 Å². The van der Waals surface area contributed by atoms with Crippen molar-refractivity contribution in [1.29, 1.82) is 0 Å². The number of aromatic nitrogens is 1. The van der Waals surface area contributed by atoms with Gasteiger partial charge in [-0.15, -0.1) is 11.3 Å². The molecule has 1 aromatic heterocycles. The summed E-state index contributed by atoms with van der Waals surface area (Å²) in [7, 11) is 0. The summed E-state index contributed by atoms with van der Waals surface area (Å²) in [5, 5.41) is 11.8. The lowest BCUT2D eigenvalue weighted by Crippen LogP contribution is -2.12. The molecule has 2 rings (SSSR count). The SMILES string of the molecule is O=C(O)CCc1csc(CC2CCSCC2)n1. The lowest BCUT2D eigenvalue weighted by molar-refractivity contribution is -0.136. The summed E-state index contributed by atoms with van der Waals surface area (Å²) in [6.07, 6.45) is 4.43. The topological polar surface area (TPSA) is 50.2 Å². The number of carbonyl (C=O) groups is 1. The highest BCUT2D eigenvalue weighted by atomic mass is 32.2. The number of hydrogen-bond acceptors (Lipinski definition) is 4. The molecule has 0 aliphatic carbocycles. The molecule has 1 aromatic rings. The molecule has 0 unspecified atom stereocenters. The van der Waals surface area contributed by atoms with Crippen molar-refractivity contribution < 1.29 is 9.90 Å². The van der Waals surface area contributed by atoms with Crippen molar-refractivity contribution in [3.63, 3.8) is 0 Å². The molecular formula is C12H17NO2S2. The van der Waals surface area contributed by atoms with Gasteiger partial charge in [0.15, 0.2) is 0 Å². The van der Waals surface area contributed by atoms with E-state index in [1.165, 1.54) is 29.4 Å². The van der Waals surface area contributed by atoms with Crippen molar-refractivity contribution in [2.75, 3.05) is 11.5 Å². The number of rotatable bonds is 5. The molecule has 0 spiro atoms. The predicted molar refractivity (Wildman–Crippen MR) is 71.8 cm³/mol. The average molecular weight is 271 g/mol. The van der Waals surface area contributed by atoms with E-state index in [1.807, 2.05) is 17.1 Å². The van der Waals surface area contributed by atoms with E-state index in [0.29, 0.717) is 6.42 Å². The minimum atomic E-state index is -0.746. The smallest absolute Gasteiger partial charge is 0.303 e. The fourth-order valence-corrected chi connectivity index (χ4v) is 4.14. The summed E-state index contributed by atoms with van der Waals surface area (Å²) in [4.78, 5) is 15.0. The first kappa shape index (κ1) is 12.9. The van der Waals surface area contributed by atoms with Gasteiger partial charge in [0.1, 0.15) is 0 Å². The molecule has 0 aromatic carbocycles. The highest BCUT2D eigenvalue weighted by Gasteiger charge is 2.16. The van der Waals surface area contributed by atoms with Gasteiger partial charge in [-0.2, -0.15) is 11.8 Å². The molecule has 0 bridgehead atoms. The first-order valence-electron chi connectivity index (χ1n) is 5.97. The number of thiazole rings is 1. The van der Waals surface area contributed by atoms with E-state index in [4.69, 9.17) is 5.11 Å². The number of thioether (sulfide) groups is 1. The zero-order chi connectivity index (χ0) is 12.1. The van der Waals surface area contributed by atoms with Crippen molar-refractivity contribution in [2.24, 2.45) is 5.92 Å². The second-order valence-corrected chi connectivity index (χ2v) is 6.55. The maximum atomic E-state index is 10.5. The molecular weight excluding hydrogens is 254 g/mol. The number of carboxylic acid groups (broad SMARTS) is 1. The standard InChI is InChI=1S/C12H17NO2S2/c14-12(15)2-1-10-8-17-11(13-10)7-9-3-5-16-6-4-9/h8-9H,1-7H2,(H,14,15). The number of aryl methyl sites for hydroxylation is 1. The highest BCUT2D eigenvalue weighted by Crippen LogP contribution is 2.27. The third-order valence-corrected chi connectivity index (χ3v) is 4.97. The van der Waals surface area contributed by atoms with Crippen molar-refractivity contribution in [2.45, 2.75) is 32.1 Å². The molecule has 0 atom stereocenters. The van der Waals surface area contributed by atoms with Gasteiger partial charge in [0, 0.05) is 18.2 Å². The number of nitrogens with zero attached hydrogens (tertiary/aromatic N) is 1. The van der Waals surface area contributed by atoms with Crippen LogP contribution in [0.4, 0.5) is 0 Å². The first-order valence-corrected chi connectivity index (χ1v) is 8.00. The van der Waals surface area contributed by atoms with Crippen LogP contribution in [0.15, 0.2) is 5.38 Å². The van der Waals surface area contributed by atoms with E-state index >= 15 is 0 Å². The van der Waals surface area contributed by atoms with Crippen LogP contribution in [0.2, 0.25) is 0 Å². The van der Waals surface area contributed by atoms with Crippen LogP contribution in [0.25, 0.3) is 0 Å². The lowest BCUT2D eigenvalue weighted by atomic mass is 9.99. The van der Waals surface area contributed by atoms with Gasteiger partial charge in [0.25, 0.3) is 0 Å². The maximum Gasteiger partial charge on any atom is 0.303 e. The maximum absolute atomic E-state index is 10.5. The lowest BCUT2D eigenvalue weighted by Gasteiger charge is -2.19. The summed E-state index contributed by atoms with van der Waals surface area (Å²) >= 11 is 3.73. The molecule has 0 amide bonds. The zero-order valence-corrected chi connectivity index (χ0v) is 11.4. The van der Waals surface area contributed by atoms with E-state index in [2.05, 4.69) is 4.98 Å². The molecule has 5 heteroatoms. The average Bonchev–Trinajstić information content (AvgIpc) is 2.75. The highest BCUT2D eigenvalue weighted by molar-refractivity contribution is 7.99. The van der Waals surface area contributed by atoms with Gasteiger partial charge in [-0.1, -0.05) is 0 Å². The Morgan fingerprint density at radius 1 is 1.47 bits per heavy atom. The Bertz CT molecular complexity index is 372. The fourth-order valence-electron chi connectivity index (χ4n) is 1.99. The molecule has 1 N–H and O–H groups in total. The molecule has 1 aliphatic heterocycles. The Morgan fingerprint density at radius 3 is 2.94 bits per heavy atom. The summed E-state index contributed by atoms with van der Waals surface area (Å²) in [5.41, 5.74) is 0.942. The monoisotopic (exact) mass is 271 g/mol. The van der Waals surface area contributed by atoms with E-state index in [1.54, 1.807) is 11.3 Å². The molecule has 1 saturated heterocycles. The van der Waals surface area contributed by atoms with Crippen LogP contribution in [-0.2, 0) is 17.6 Å². The van der Waals surface area contributed by atoms with Crippen LogP contribution >= 0.6 is 23.1 Å². The Balaban J connectivity index is 1.82. The van der Waals surface area contributed by atoms with Crippen LogP contribution in [0, 0.1) is 5.92 Å². The predicted octanol–water partition coefficient (Wildman–Crippen LogP) is 2.85. The van der Waals surface area contributed by atoms with Crippen LogP contribution < -0.4 is 0 Å². The van der Waals surface area contributed by atoms with E-state index in [0.717, 1.165) is 18.0 Å². The first-order chi connectivity index (χ1) is 8.24. The third kappa shape index (κ3) is 4.32. The van der Waals surface area contributed by atoms with Gasteiger partial charge in [-0.05, 0) is 30.3 Å². The van der Waals surface area contributed by atoms with Crippen LogP contribution in [-0.4, -0.2) is 27.6 Å². The van der Waals surface area contributed by atoms with E-state index < -0.39 is 5.97 Å². The van der Waals surface area contributed by atoms with Gasteiger partial charge in [-0.3, -0.25) is 4.79 Å². The largest absolute Gasteiger partial charge is 0.481 e. The Kier molecular flexibility index (Phi) is 4.86. The normalized spacial score (nSPS) is 17.2. The number of hydrogen-bond donors (Lipinski definition) is 1. The van der Waals surface area contributed by atoms with Gasteiger partial charge in [0.2, 0.25) is 0 Å². The molecule has 1 aliphatic rings. The molecule has 3 nitrogen and oxygen atoms in total. The van der Waals surface area contributed by atoms with Crippen molar-refractivity contribution in [3.05, 3.63) is 16.1 Å². The van der Waals surface area contributed by atoms with Crippen molar-refractivity contribution >= 4 is 29.1 Å². The Hall–Kier alpha value is -0.550. The molecule has 0 saturated carbocycles. The van der Waals surface area contributed by atoms with Crippen LogP contribution in [0.1, 0.15) is 30.0 Å². The summed E-state index contributed by atoms with van der Waals surface area (Å²) in [6, 6.07) is 0. The van der Waals surface area contributed by atoms with E-state index in [-0.39, 0.29) is 6.42 Å². The fraction of sp³-hybridized carbons (Fsp3) is 0.667. The van der Waals surface area contributed by atoms with Crippen molar-refractivity contribution in [1.82, 2.24) is 4.98 Å². The molecule has 1 fully saturated rings. The molecule has 94 valence electrons. The minimum absolute atomic E-state index is 0.184. The minimum Gasteiger partial charge on any atom is -0.481 e.